The molecule has 0 aliphatic rings. The Bertz CT molecular complexity index is 3800. The van der Waals surface area contributed by atoms with Crippen LogP contribution in [0.1, 0.15) is 111 Å². The zero-order valence-electron chi connectivity index (χ0n) is 48.0. The fourth-order valence-electron chi connectivity index (χ4n) is 9.52. The molecular weight excluding hydrogens is 1230 g/mol. The molecular formula is C68H66N6O6RuS4-. The molecule has 9 aromatic heterocycles. The van der Waals surface area contributed by atoms with Crippen LogP contribution in [0.2, 0.25) is 0 Å². The summed E-state index contributed by atoms with van der Waals surface area (Å²) in [4.78, 5) is 68.0. The van der Waals surface area contributed by atoms with E-state index in [4.69, 9.17) is 19.4 Å². The first-order chi connectivity index (χ1) is 41.1. The number of carbonyl (C=O) groups is 3. The third kappa shape index (κ3) is 17.8. The second-order valence-electron chi connectivity index (χ2n) is 20.4. The first-order valence-corrected chi connectivity index (χ1v) is 31.8. The van der Waals surface area contributed by atoms with Crippen molar-refractivity contribution >= 4 is 69.9 Å². The number of anilines is 1. The quantitative estimate of drug-likeness (QED) is 0.0198. The summed E-state index contributed by atoms with van der Waals surface area (Å²) in [6.45, 7) is 5.09. The molecule has 0 fully saturated rings. The smallest absolute Gasteiger partial charge is 0.545 e. The summed E-state index contributed by atoms with van der Waals surface area (Å²) in [5.74, 6) is -0.967. The molecule has 0 bridgehead atoms. The van der Waals surface area contributed by atoms with Crippen molar-refractivity contribution in [2.75, 3.05) is 19.0 Å². The van der Waals surface area contributed by atoms with Crippen LogP contribution < -0.4 is 19.5 Å². The minimum Gasteiger partial charge on any atom is -0.545 e. The molecule has 0 spiro atoms. The molecule has 9 heterocycles. The Kier molecular flexibility index (Phi) is 24.1. The van der Waals surface area contributed by atoms with Gasteiger partial charge in [0, 0.05) is 95.5 Å². The third-order valence-electron chi connectivity index (χ3n) is 14.0. The standard InChI is InChI=1S/C50H56N3S4.C18H11N3O6.Ru/c1-5-7-9-11-13-15-20-40-22-24-47(54-40)49-28-26-45(56-49)37-30-31-51-43(33-37)44-35-38(34-42(52-44)36-18-17-19-39(32-36)53(3)4)46-27-29-50(57-46)48-25-23-41(55-48)21-16-14-12-10-8-6-2;22-9-26-12-2-4-20-15(6-12)17-8-13(27-10-23)7-16(21-17)14-5-11(18(24)25)1-3-19-14;/h17,19,22-35H,5-16,20-21H2,1-4H3;1-10H,(H,24,25);/q-1;;+1/p-1. The predicted octanol–water partition coefficient (Wildman–Crippen LogP) is 17.0. The number of unbranched alkanes of at least 4 members (excludes halogenated alkanes) is 10. The average molecular weight is 1290 g/mol. The van der Waals surface area contributed by atoms with Crippen LogP contribution in [0.25, 0.3) is 85.8 Å². The first kappa shape index (κ1) is 63.6. The maximum atomic E-state index is 11.1. The van der Waals surface area contributed by atoms with Crippen molar-refractivity contribution in [1.82, 2.24) is 24.9 Å². The Labute approximate surface area is 526 Å². The van der Waals surface area contributed by atoms with Crippen LogP contribution in [-0.2, 0) is 41.9 Å². The number of hydrogen-bond donors (Lipinski definition) is 0. The topological polar surface area (TPSA) is 160 Å². The normalized spacial score (nSPS) is 10.9. The van der Waals surface area contributed by atoms with Gasteiger partial charge in [-0.1, -0.05) is 84.1 Å². The number of aromatic carboxylic acids is 1. The Morgan fingerprint density at radius 2 is 0.953 bits per heavy atom. The van der Waals surface area contributed by atoms with Gasteiger partial charge in [0.05, 0.1) is 40.1 Å². The summed E-state index contributed by atoms with van der Waals surface area (Å²) in [5.41, 5.74) is 8.10. The Morgan fingerprint density at radius 1 is 0.494 bits per heavy atom. The maximum absolute atomic E-state index is 11.1. The van der Waals surface area contributed by atoms with Crippen LogP contribution in [0, 0.1) is 6.07 Å². The number of aryl methyl sites for hydroxylation is 2. The van der Waals surface area contributed by atoms with E-state index in [1.165, 1.54) is 183 Å². The number of nitrogens with zero attached hydrogens (tertiary/aromatic N) is 6. The van der Waals surface area contributed by atoms with Crippen molar-refractivity contribution in [2.45, 2.75) is 104 Å². The van der Waals surface area contributed by atoms with E-state index in [0.717, 1.165) is 33.9 Å². The molecule has 0 saturated heterocycles. The van der Waals surface area contributed by atoms with E-state index < -0.39 is 5.97 Å². The SMILES string of the molecule is CCCCCCCCc1ccc(-c2ccc(-c3ccnc(-c4cc(-c5ccc(-c6ccc(CCCCCCCC)s6)s5)cc(-c5[c-]ccc(N(C)C)c5)n4)c3)s2)s1.O=COc1ccnc(-c2cc(OC=O)cc(-c3cc(C(=O)[O-])ccn3)n2)c1.[Ru+]. The van der Waals surface area contributed by atoms with E-state index in [2.05, 4.69) is 139 Å². The number of ether oxygens (including phenoxy) is 2. The largest absolute Gasteiger partial charge is 1.00 e. The molecule has 0 amide bonds. The van der Waals surface area contributed by atoms with Crippen molar-refractivity contribution < 1.29 is 48.4 Å². The Morgan fingerprint density at radius 3 is 1.55 bits per heavy atom. The minimum absolute atomic E-state index is 0. The average Bonchev–Trinajstić information content (AvgIpc) is 4.13. The molecule has 12 nitrogen and oxygen atoms in total. The van der Waals surface area contributed by atoms with Gasteiger partial charge in [-0.15, -0.1) is 75.2 Å². The molecule has 0 atom stereocenters. The summed E-state index contributed by atoms with van der Waals surface area (Å²) in [7, 11) is 4.15. The minimum atomic E-state index is -1.36. The summed E-state index contributed by atoms with van der Waals surface area (Å²) >= 11 is 7.63. The van der Waals surface area contributed by atoms with Gasteiger partial charge in [0.1, 0.15) is 11.5 Å². The number of carbonyl (C=O) groups excluding carboxylic acids is 3. The van der Waals surface area contributed by atoms with Crippen molar-refractivity contribution in [1.29, 1.82) is 0 Å². The fraction of sp³-hybridized carbons (Fsp3) is 0.265. The molecule has 17 heteroatoms. The second-order valence-corrected chi connectivity index (χ2v) is 24.9. The molecule has 10 aromatic rings. The third-order valence-corrected chi connectivity index (χ3v) is 18.9. The monoisotopic (exact) mass is 1290 g/mol. The van der Waals surface area contributed by atoms with Crippen molar-refractivity contribution in [3.05, 3.63) is 167 Å². The summed E-state index contributed by atoms with van der Waals surface area (Å²) < 4.78 is 9.68. The first-order valence-electron chi connectivity index (χ1n) is 28.5. The van der Waals surface area contributed by atoms with E-state index in [1.807, 2.05) is 57.6 Å². The van der Waals surface area contributed by atoms with Crippen molar-refractivity contribution in [2.24, 2.45) is 0 Å². The number of hydrogen-bond acceptors (Lipinski definition) is 16. The molecule has 437 valence electrons. The number of rotatable bonds is 28. The van der Waals surface area contributed by atoms with Gasteiger partial charge in [0.15, 0.2) is 0 Å². The summed E-state index contributed by atoms with van der Waals surface area (Å²) in [5, 5.41) is 11.1. The maximum Gasteiger partial charge on any atom is 1.00 e. The van der Waals surface area contributed by atoms with E-state index in [0.29, 0.717) is 11.4 Å². The zero-order valence-corrected chi connectivity index (χ0v) is 53.0. The molecule has 0 N–H and O–H groups in total. The van der Waals surface area contributed by atoms with E-state index >= 15 is 0 Å². The number of carboxylic acid groups (broad SMARTS) is 1. The number of benzene rings is 1. The van der Waals surface area contributed by atoms with E-state index in [9.17, 15) is 19.5 Å². The van der Waals surface area contributed by atoms with E-state index in [1.54, 1.807) is 0 Å². The molecule has 0 saturated carbocycles. The molecule has 85 heavy (non-hydrogen) atoms. The Balaban J connectivity index is 0.000000281. The van der Waals surface area contributed by atoms with Crippen molar-refractivity contribution in [3.8, 4) is 97.3 Å². The van der Waals surface area contributed by atoms with Crippen LogP contribution in [0.5, 0.6) is 11.5 Å². The molecule has 0 unspecified atom stereocenters. The molecule has 1 aromatic carbocycles. The van der Waals surface area contributed by atoms with Gasteiger partial charge in [-0.3, -0.25) is 29.5 Å². The number of aromatic nitrogens is 5. The van der Waals surface area contributed by atoms with Gasteiger partial charge in [0.25, 0.3) is 12.9 Å². The predicted molar refractivity (Wildman–Crippen MR) is 342 cm³/mol. The van der Waals surface area contributed by atoms with Crippen LogP contribution in [0.15, 0.2) is 146 Å². The van der Waals surface area contributed by atoms with Gasteiger partial charge in [-0.2, -0.15) is 0 Å². The van der Waals surface area contributed by atoms with Crippen LogP contribution in [0.4, 0.5) is 5.69 Å². The fourth-order valence-corrected chi connectivity index (χ4v) is 13.8. The summed E-state index contributed by atoms with van der Waals surface area (Å²) in [6.07, 6.45) is 23.1. The molecule has 0 aliphatic heterocycles. The van der Waals surface area contributed by atoms with Gasteiger partial charge in [0.2, 0.25) is 0 Å². The van der Waals surface area contributed by atoms with E-state index in [-0.39, 0.29) is 60.9 Å². The van der Waals surface area contributed by atoms with Crippen molar-refractivity contribution in [3.63, 3.8) is 0 Å². The van der Waals surface area contributed by atoms with Crippen LogP contribution >= 0.6 is 45.3 Å². The van der Waals surface area contributed by atoms with Gasteiger partial charge in [-0.05, 0) is 133 Å². The summed E-state index contributed by atoms with van der Waals surface area (Å²) in [6, 6.07) is 45.3. The number of thiophene rings is 4. The number of carboxylic acids is 1. The molecule has 0 aliphatic carbocycles. The zero-order chi connectivity index (χ0) is 58.6. The molecule has 1 radical (unpaired) electrons. The van der Waals surface area contributed by atoms with Gasteiger partial charge >= 0.3 is 19.5 Å². The van der Waals surface area contributed by atoms with Crippen LogP contribution in [0.3, 0.4) is 0 Å². The molecule has 10 rings (SSSR count). The van der Waals surface area contributed by atoms with Gasteiger partial charge in [-0.25, -0.2) is 4.98 Å². The van der Waals surface area contributed by atoms with Gasteiger partial charge < -0.3 is 24.3 Å². The second kappa shape index (κ2) is 32.2. The Hall–Kier alpha value is -7.40. The van der Waals surface area contributed by atoms with Crippen LogP contribution in [-0.4, -0.2) is 57.9 Å². The number of pyridine rings is 5.